The molecule has 2 heterocycles. The van der Waals surface area contributed by atoms with E-state index in [4.69, 9.17) is 11.6 Å². The van der Waals surface area contributed by atoms with Crippen LogP contribution in [0.1, 0.15) is 17.4 Å². The van der Waals surface area contributed by atoms with Crippen LogP contribution < -0.4 is 0 Å². The van der Waals surface area contributed by atoms with Gasteiger partial charge >= 0.3 is 0 Å². The van der Waals surface area contributed by atoms with Crippen molar-refractivity contribution >= 4 is 40.6 Å². The Bertz CT molecular complexity index is 875. The van der Waals surface area contributed by atoms with E-state index in [1.165, 1.54) is 28.7 Å². The lowest BCUT2D eigenvalue weighted by Crippen LogP contribution is -2.31. The summed E-state index contributed by atoms with van der Waals surface area (Å²) in [5.74, 6) is 1.07. The lowest BCUT2D eigenvalue weighted by molar-refractivity contribution is -0.128. The van der Waals surface area contributed by atoms with Crippen LogP contribution in [0.3, 0.4) is 0 Å². The molecule has 0 saturated heterocycles. The molecule has 0 atom stereocenters. The Kier molecular flexibility index (Phi) is 6.34. The molecule has 0 aliphatic carbocycles. The summed E-state index contributed by atoms with van der Waals surface area (Å²) in [6, 6.07) is 11.9. The van der Waals surface area contributed by atoms with E-state index in [0.29, 0.717) is 29.8 Å². The lowest BCUT2D eigenvalue weighted by atomic mass is 10.1. The second-order valence-corrected chi connectivity index (χ2v) is 8.48. The van der Waals surface area contributed by atoms with Gasteiger partial charge in [0.2, 0.25) is 11.1 Å². The molecule has 3 aromatic rings. The van der Waals surface area contributed by atoms with Crippen molar-refractivity contribution in [1.29, 1.82) is 0 Å². The summed E-state index contributed by atoms with van der Waals surface area (Å²) < 4.78 is 0.738. The lowest BCUT2D eigenvalue weighted by Gasteiger charge is -2.19. The maximum Gasteiger partial charge on any atom is 0.233 e. The number of aryl methyl sites for hydroxylation is 1. The number of aromatic amines is 1. The van der Waals surface area contributed by atoms with Gasteiger partial charge in [-0.1, -0.05) is 53.2 Å². The first-order valence-corrected chi connectivity index (χ1v) is 10.4. The monoisotopic (exact) mass is 406 g/mol. The number of halogens is 1. The molecule has 5 nitrogen and oxygen atoms in total. The summed E-state index contributed by atoms with van der Waals surface area (Å²) in [7, 11) is 0. The third-order valence-corrected chi connectivity index (χ3v) is 5.87. The first-order chi connectivity index (χ1) is 12.5. The Morgan fingerprint density at radius 1 is 1.27 bits per heavy atom. The number of H-pyrrole nitrogens is 1. The molecule has 8 heteroatoms. The summed E-state index contributed by atoms with van der Waals surface area (Å²) in [5.41, 5.74) is 2.17. The quantitative estimate of drug-likeness (QED) is 0.581. The summed E-state index contributed by atoms with van der Waals surface area (Å²) in [5, 5.41) is 7.70. The molecule has 0 fully saturated rings. The number of rotatable bonds is 7. The Balaban J connectivity index is 1.57. The number of aromatic nitrogens is 3. The summed E-state index contributed by atoms with van der Waals surface area (Å²) >= 11 is 8.80. The summed E-state index contributed by atoms with van der Waals surface area (Å²) in [6.45, 7) is 5.24. The molecule has 0 spiro atoms. The van der Waals surface area contributed by atoms with Crippen molar-refractivity contribution in [2.75, 3.05) is 12.3 Å². The third kappa shape index (κ3) is 4.87. The largest absolute Gasteiger partial charge is 0.337 e. The van der Waals surface area contributed by atoms with Gasteiger partial charge in [-0.3, -0.25) is 9.89 Å². The van der Waals surface area contributed by atoms with Crippen LogP contribution in [0.2, 0.25) is 4.34 Å². The fourth-order valence-electron chi connectivity index (χ4n) is 2.37. The van der Waals surface area contributed by atoms with E-state index in [9.17, 15) is 4.79 Å². The maximum atomic E-state index is 12.5. The van der Waals surface area contributed by atoms with Crippen LogP contribution in [0.4, 0.5) is 0 Å². The summed E-state index contributed by atoms with van der Waals surface area (Å²) in [4.78, 5) is 19.8. The van der Waals surface area contributed by atoms with Gasteiger partial charge in [-0.2, -0.15) is 0 Å². The van der Waals surface area contributed by atoms with Crippen LogP contribution in [0, 0.1) is 6.92 Å². The molecular weight excluding hydrogens is 388 g/mol. The van der Waals surface area contributed by atoms with Gasteiger partial charge < -0.3 is 4.90 Å². The van der Waals surface area contributed by atoms with E-state index in [0.717, 1.165) is 14.8 Å². The average Bonchev–Trinajstić information content (AvgIpc) is 3.27. The first kappa shape index (κ1) is 18.9. The molecule has 0 saturated carbocycles. The normalized spacial score (nSPS) is 10.9. The molecule has 3 rings (SSSR count). The summed E-state index contributed by atoms with van der Waals surface area (Å²) in [6.07, 6.45) is 0. The van der Waals surface area contributed by atoms with Crippen LogP contribution in [0.25, 0.3) is 11.4 Å². The van der Waals surface area contributed by atoms with Crippen LogP contribution in [0.5, 0.6) is 0 Å². The molecule has 1 N–H and O–H groups in total. The van der Waals surface area contributed by atoms with Gasteiger partial charge in [0, 0.05) is 17.0 Å². The van der Waals surface area contributed by atoms with Gasteiger partial charge in [-0.15, -0.1) is 16.4 Å². The number of thiophene rings is 1. The maximum absolute atomic E-state index is 12.5. The number of nitrogens with zero attached hydrogens (tertiary/aromatic N) is 3. The van der Waals surface area contributed by atoms with E-state index in [1.807, 2.05) is 55.1 Å². The minimum Gasteiger partial charge on any atom is -0.337 e. The van der Waals surface area contributed by atoms with Crippen LogP contribution in [0.15, 0.2) is 41.6 Å². The predicted octanol–water partition coefficient (Wildman–Crippen LogP) is 4.64. The standard InChI is InChI=1S/C18H19ClN4OS2/c1-3-23(10-14-8-9-15(19)26-14)16(24)11-25-18-20-17(21-22-18)13-6-4-12(2)5-7-13/h4-9H,3,10-11H2,1-2H3,(H,20,21,22). The molecule has 1 aromatic carbocycles. The number of thioether (sulfide) groups is 1. The van der Waals surface area contributed by atoms with Gasteiger partial charge in [0.1, 0.15) is 0 Å². The second-order valence-electron chi connectivity index (χ2n) is 5.74. The van der Waals surface area contributed by atoms with Gasteiger partial charge in [-0.25, -0.2) is 4.98 Å². The van der Waals surface area contributed by atoms with Crippen LogP contribution in [-0.2, 0) is 11.3 Å². The molecule has 0 bridgehead atoms. The highest BCUT2D eigenvalue weighted by Crippen LogP contribution is 2.24. The molecular formula is C18H19ClN4OS2. The van der Waals surface area contributed by atoms with E-state index >= 15 is 0 Å². The Morgan fingerprint density at radius 3 is 2.69 bits per heavy atom. The van der Waals surface area contributed by atoms with Gasteiger partial charge in [0.15, 0.2) is 5.82 Å². The second kappa shape index (κ2) is 8.70. The zero-order valence-electron chi connectivity index (χ0n) is 14.5. The van der Waals surface area contributed by atoms with Crippen LogP contribution in [-0.4, -0.2) is 38.3 Å². The topological polar surface area (TPSA) is 61.9 Å². The van der Waals surface area contributed by atoms with E-state index < -0.39 is 0 Å². The molecule has 0 aliphatic rings. The Hall–Kier alpha value is -1.83. The van der Waals surface area contributed by atoms with Crippen molar-refractivity contribution in [2.24, 2.45) is 0 Å². The molecule has 136 valence electrons. The molecule has 26 heavy (non-hydrogen) atoms. The minimum absolute atomic E-state index is 0.0590. The SMILES string of the molecule is CCN(Cc1ccc(Cl)s1)C(=O)CSc1n[nH]c(-c2ccc(C)cc2)n1. The molecule has 2 aromatic heterocycles. The van der Waals surface area contributed by atoms with Crippen molar-refractivity contribution in [3.8, 4) is 11.4 Å². The van der Waals surface area contributed by atoms with Crippen molar-refractivity contribution in [1.82, 2.24) is 20.1 Å². The minimum atomic E-state index is 0.0590. The Morgan fingerprint density at radius 2 is 2.04 bits per heavy atom. The van der Waals surface area contributed by atoms with Crippen molar-refractivity contribution < 1.29 is 4.79 Å². The van der Waals surface area contributed by atoms with E-state index in [1.54, 1.807) is 0 Å². The van der Waals surface area contributed by atoms with Crippen molar-refractivity contribution in [3.63, 3.8) is 0 Å². The highest BCUT2D eigenvalue weighted by atomic mass is 35.5. The zero-order valence-corrected chi connectivity index (χ0v) is 16.9. The molecule has 0 radical (unpaired) electrons. The Labute approximate surface area is 165 Å². The number of nitrogens with one attached hydrogen (secondary N) is 1. The average molecular weight is 407 g/mol. The highest BCUT2D eigenvalue weighted by Gasteiger charge is 2.15. The van der Waals surface area contributed by atoms with Gasteiger partial charge in [-0.05, 0) is 26.0 Å². The van der Waals surface area contributed by atoms with Crippen LogP contribution >= 0.6 is 34.7 Å². The van der Waals surface area contributed by atoms with Crippen molar-refractivity contribution in [2.45, 2.75) is 25.5 Å². The van der Waals surface area contributed by atoms with Gasteiger partial charge in [0.25, 0.3) is 0 Å². The number of benzene rings is 1. The van der Waals surface area contributed by atoms with E-state index in [-0.39, 0.29) is 5.91 Å². The molecule has 1 amide bonds. The number of hydrogen-bond donors (Lipinski definition) is 1. The third-order valence-electron chi connectivity index (χ3n) is 3.82. The first-order valence-electron chi connectivity index (χ1n) is 8.19. The fourth-order valence-corrected chi connectivity index (χ4v) is 4.17. The number of hydrogen-bond acceptors (Lipinski definition) is 5. The van der Waals surface area contributed by atoms with E-state index in [2.05, 4.69) is 15.2 Å². The number of carbonyl (C=O) groups excluding carboxylic acids is 1. The van der Waals surface area contributed by atoms with Crippen molar-refractivity contribution in [3.05, 3.63) is 51.2 Å². The predicted molar refractivity (Wildman–Crippen MR) is 108 cm³/mol. The fraction of sp³-hybridized carbons (Fsp3) is 0.278. The molecule has 0 unspecified atom stereocenters. The smallest absolute Gasteiger partial charge is 0.233 e. The molecule has 0 aliphatic heterocycles. The van der Waals surface area contributed by atoms with Gasteiger partial charge in [0.05, 0.1) is 16.6 Å². The zero-order chi connectivity index (χ0) is 18.5. The highest BCUT2D eigenvalue weighted by molar-refractivity contribution is 7.99. The number of amides is 1. The number of carbonyl (C=O) groups is 1.